The molecular weight excluding hydrogens is 481 g/mol. The van der Waals surface area contributed by atoms with Crippen molar-refractivity contribution in [2.24, 2.45) is 5.92 Å². The minimum atomic E-state index is -4.00. The third-order valence-corrected chi connectivity index (χ3v) is 8.40. The number of nitrogens with zero attached hydrogens (tertiary/aromatic N) is 3. The molecule has 4 rings (SSSR count). The highest BCUT2D eigenvalue weighted by molar-refractivity contribution is 7.89. The quantitative estimate of drug-likeness (QED) is 0.443. The van der Waals surface area contributed by atoms with Crippen molar-refractivity contribution in [2.45, 2.75) is 38.5 Å². The fourth-order valence-electron chi connectivity index (χ4n) is 4.55. The molecule has 0 radical (unpaired) electrons. The van der Waals surface area contributed by atoms with Crippen LogP contribution in [0.5, 0.6) is 0 Å². The van der Waals surface area contributed by atoms with E-state index in [1.54, 1.807) is 30.0 Å². The fourth-order valence-corrected chi connectivity index (χ4v) is 6.32. The number of rotatable bonds is 7. The number of piperidine rings is 1. The molecule has 2 aromatic carbocycles. The van der Waals surface area contributed by atoms with E-state index in [-0.39, 0.29) is 28.8 Å². The molecule has 0 bridgehead atoms. The van der Waals surface area contributed by atoms with Gasteiger partial charge in [-0.2, -0.15) is 4.31 Å². The summed E-state index contributed by atoms with van der Waals surface area (Å²) in [5.41, 5.74) is 2.37. The molecular formula is C27H30FN3O4S. The average molecular weight is 512 g/mol. The van der Waals surface area contributed by atoms with Crippen molar-refractivity contribution in [3.63, 3.8) is 0 Å². The van der Waals surface area contributed by atoms with E-state index in [9.17, 15) is 17.6 Å². The van der Waals surface area contributed by atoms with Crippen molar-refractivity contribution >= 4 is 33.8 Å². The summed E-state index contributed by atoms with van der Waals surface area (Å²) in [6.07, 6.45) is 4.04. The lowest BCUT2D eigenvalue weighted by atomic mass is 9.97. The van der Waals surface area contributed by atoms with Crippen molar-refractivity contribution < 1.29 is 22.1 Å². The molecule has 1 aliphatic heterocycles. The summed E-state index contributed by atoms with van der Waals surface area (Å²) in [5.74, 6) is -0.962. The highest BCUT2D eigenvalue weighted by atomic mass is 32.2. The number of aromatic nitrogens is 1. The summed E-state index contributed by atoms with van der Waals surface area (Å²) in [4.78, 5) is 15.1. The largest absolute Gasteiger partial charge is 0.355 e. The summed E-state index contributed by atoms with van der Waals surface area (Å²) >= 11 is 0. The van der Waals surface area contributed by atoms with Crippen molar-refractivity contribution in [2.75, 3.05) is 24.5 Å². The van der Waals surface area contributed by atoms with Crippen LogP contribution >= 0.6 is 0 Å². The molecule has 0 N–H and O–H groups in total. The molecule has 1 amide bonds. The van der Waals surface area contributed by atoms with Crippen molar-refractivity contribution in [3.8, 4) is 0 Å². The standard InChI is InChI=1S/C27H30FN3O4S/c1-4-31(23-12-7-9-19(2)17-23)27(32)22-11-8-16-30(18-22)36(33,34)26-20(3)29-35-25(26)15-14-21-10-5-6-13-24(21)28/h5-7,9-10,12-15,17,22H,4,8,11,16,18H2,1-3H3. The van der Waals surface area contributed by atoms with E-state index in [1.807, 2.05) is 38.1 Å². The summed E-state index contributed by atoms with van der Waals surface area (Å²) in [6, 6.07) is 13.9. The topological polar surface area (TPSA) is 83.7 Å². The maximum Gasteiger partial charge on any atom is 0.248 e. The molecule has 1 unspecified atom stereocenters. The molecule has 36 heavy (non-hydrogen) atoms. The maximum absolute atomic E-state index is 14.0. The van der Waals surface area contributed by atoms with E-state index in [4.69, 9.17) is 4.52 Å². The molecule has 9 heteroatoms. The normalized spacial score (nSPS) is 16.9. The Bertz CT molecular complexity index is 1380. The first-order chi connectivity index (χ1) is 17.2. The lowest BCUT2D eigenvalue weighted by Crippen LogP contribution is -2.47. The van der Waals surface area contributed by atoms with E-state index in [1.165, 1.54) is 22.5 Å². The van der Waals surface area contributed by atoms with Gasteiger partial charge in [0.2, 0.25) is 15.9 Å². The van der Waals surface area contributed by atoms with E-state index in [2.05, 4.69) is 5.16 Å². The first-order valence-electron chi connectivity index (χ1n) is 12.0. The Morgan fingerprint density at radius 3 is 2.69 bits per heavy atom. The second-order valence-corrected chi connectivity index (χ2v) is 10.8. The molecule has 3 aromatic rings. The number of hydrogen-bond acceptors (Lipinski definition) is 5. The van der Waals surface area contributed by atoms with E-state index in [0.717, 1.165) is 11.3 Å². The number of aryl methyl sites for hydroxylation is 2. The van der Waals surface area contributed by atoms with Crippen LogP contribution in [0, 0.1) is 25.6 Å². The first-order valence-corrected chi connectivity index (χ1v) is 13.4. The van der Waals surface area contributed by atoms with Gasteiger partial charge in [-0.05, 0) is 69.5 Å². The van der Waals surface area contributed by atoms with Gasteiger partial charge in [0.15, 0.2) is 10.7 Å². The van der Waals surface area contributed by atoms with Crippen LogP contribution in [0.2, 0.25) is 0 Å². The predicted octanol–water partition coefficient (Wildman–Crippen LogP) is 5.05. The van der Waals surface area contributed by atoms with Gasteiger partial charge in [0.1, 0.15) is 11.5 Å². The number of benzene rings is 2. The van der Waals surface area contributed by atoms with Crippen LogP contribution < -0.4 is 4.90 Å². The van der Waals surface area contributed by atoms with E-state index < -0.39 is 21.8 Å². The number of amides is 1. The molecule has 1 aliphatic rings. The number of carbonyl (C=O) groups excluding carboxylic acids is 1. The van der Waals surface area contributed by atoms with Crippen LogP contribution in [0.25, 0.3) is 12.2 Å². The van der Waals surface area contributed by atoms with Gasteiger partial charge in [0.25, 0.3) is 0 Å². The summed E-state index contributed by atoms with van der Waals surface area (Å²) in [6.45, 7) is 6.29. The zero-order chi connectivity index (χ0) is 25.9. The monoisotopic (exact) mass is 511 g/mol. The van der Waals surface area contributed by atoms with Gasteiger partial charge in [-0.25, -0.2) is 12.8 Å². The van der Waals surface area contributed by atoms with E-state index in [0.29, 0.717) is 31.5 Å². The SMILES string of the molecule is CCN(C(=O)C1CCCN(S(=O)(=O)c2c(C)noc2C=Cc2ccccc2F)C1)c1cccc(C)c1. The molecule has 7 nitrogen and oxygen atoms in total. The number of anilines is 1. The molecule has 190 valence electrons. The van der Waals surface area contributed by atoms with Crippen LogP contribution in [0.1, 0.15) is 42.3 Å². The first kappa shape index (κ1) is 25.8. The summed E-state index contributed by atoms with van der Waals surface area (Å²) < 4.78 is 48.0. The Kier molecular flexibility index (Phi) is 7.70. The van der Waals surface area contributed by atoms with Gasteiger partial charge >= 0.3 is 0 Å². The van der Waals surface area contributed by atoms with Crippen molar-refractivity contribution in [1.82, 2.24) is 9.46 Å². The molecule has 2 heterocycles. The number of halogens is 1. The van der Waals surface area contributed by atoms with Crippen molar-refractivity contribution in [1.29, 1.82) is 0 Å². The number of sulfonamides is 1. The smallest absolute Gasteiger partial charge is 0.248 e. The Morgan fingerprint density at radius 2 is 1.97 bits per heavy atom. The van der Waals surface area contributed by atoms with E-state index >= 15 is 0 Å². The van der Waals surface area contributed by atoms with Crippen LogP contribution in [0.4, 0.5) is 10.1 Å². The molecule has 1 fully saturated rings. The average Bonchev–Trinajstić information content (AvgIpc) is 3.25. The minimum Gasteiger partial charge on any atom is -0.355 e. The highest BCUT2D eigenvalue weighted by Crippen LogP contribution is 2.31. The van der Waals surface area contributed by atoms with Crippen molar-refractivity contribution in [3.05, 3.63) is 76.9 Å². The Morgan fingerprint density at radius 1 is 1.19 bits per heavy atom. The van der Waals surface area contributed by atoms with Crippen LogP contribution in [0.15, 0.2) is 57.9 Å². The maximum atomic E-state index is 14.0. The molecule has 0 saturated carbocycles. The third kappa shape index (κ3) is 5.27. The van der Waals surface area contributed by atoms with Gasteiger partial charge in [-0.15, -0.1) is 0 Å². The zero-order valence-corrected chi connectivity index (χ0v) is 21.5. The molecule has 0 spiro atoms. The number of hydrogen-bond donors (Lipinski definition) is 0. The van der Waals surface area contributed by atoms with Gasteiger partial charge < -0.3 is 9.42 Å². The predicted molar refractivity (Wildman–Crippen MR) is 137 cm³/mol. The lowest BCUT2D eigenvalue weighted by Gasteiger charge is -2.34. The summed E-state index contributed by atoms with van der Waals surface area (Å²) in [5, 5.41) is 3.85. The summed E-state index contributed by atoms with van der Waals surface area (Å²) in [7, 11) is -4.00. The molecule has 0 aliphatic carbocycles. The highest BCUT2D eigenvalue weighted by Gasteiger charge is 2.38. The fraction of sp³-hybridized carbons (Fsp3) is 0.333. The number of carbonyl (C=O) groups is 1. The van der Waals surface area contributed by atoms with Crippen LogP contribution in [-0.2, 0) is 14.8 Å². The van der Waals surface area contributed by atoms with Gasteiger partial charge in [0, 0.05) is 30.9 Å². The van der Waals surface area contributed by atoms with Gasteiger partial charge in [-0.3, -0.25) is 4.79 Å². The Labute approximate surface area is 211 Å². The zero-order valence-electron chi connectivity index (χ0n) is 20.6. The molecule has 1 aromatic heterocycles. The second kappa shape index (κ2) is 10.8. The second-order valence-electron chi connectivity index (χ2n) is 8.94. The van der Waals surface area contributed by atoms with Gasteiger partial charge in [-0.1, -0.05) is 35.5 Å². The molecule has 1 atom stereocenters. The Hall–Kier alpha value is -3.30. The third-order valence-electron chi connectivity index (χ3n) is 6.38. The minimum absolute atomic E-state index is 0.0270. The van der Waals surface area contributed by atoms with Crippen LogP contribution in [0.3, 0.4) is 0 Å². The lowest BCUT2D eigenvalue weighted by molar-refractivity contribution is -0.123. The molecule has 1 saturated heterocycles. The Balaban J connectivity index is 1.58. The van der Waals surface area contributed by atoms with Gasteiger partial charge in [0.05, 0.1) is 5.92 Å². The van der Waals surface area contributed by atoms with Crippen LogP contribution in [-0.4, -0.2) is 43.4 Å².